The lowest BCUT2D eigenvalue weighted by atomic mass is 10.2. The highest BCUT2D eigenvalue weighted by molar-refractivity contribution is 5.29. The van der Waals surface area contributed by atoms with Crippen molar-refractivity contribution in [2.75, 3.05) is 0 Å². The Hall–Kier alpha value is -1.27. The smallest absolute Gasteiger partial charge is 0.212 e. The molecule has 0 aromatic rings. The minimum Gasteiger partial charge on any atom is -0.212 e. The van der Waals surface area contributed by atoms with Gasteiger partial charge in [0.2, 0.25) is 0 Å². The molecule has 0 aliphatic rings. The first-order valence-corrected chi connectivity index (χ1v) is 3.47. The monoisotopic (exact) mass is 234 g/mol. The molecule has 0 N–H and O–H groups in total. The van der Waals surface area contributed by atoms with Gasteiger partial charge in [0.25, 0.3) is 0 Å². The van der Waals surface area contributed by atoms with Gasteiger partial charge in [-0.1, -0.05) is 0 Å². The van der Waals surface area contributed by atoms with Crippen molar-refractivity contribution in [2.45, 2.75) is 13.1 Å². The van der Waals surface area contributed by atoms with E-state index in [1.165, 1.54) is 0 Å². The summed E-state index contributed by atoms with van der Waals surface area (Å²) in [6.07, 6.45) is -6.02. The van der Waals surface area contributed by atoms with Crippen molar-refractivity contribution in [3.8, 4) is 0 Å². The number of allylic oxidation sites excluding steroid dienone is 5. The molecular formula is C8H5F7. The maximum absolute atomic E-state index is 12.5. The van der Waals surface area contributed by atoms with Gasteiger partial charge in [-0.2, -0.15) is 13.2 Å². The average molecular weight is 234 g/mol. The second-order valence-electron chi connectivity index (χ2n) is 2.44. The Bertz CT molecular complexity index is 318. The van der Waals surface area contributed by atoms with Crippen molar-refractivity contribution < 1.29 is 30.7 Å². The van der Waals surface area contributed by atoms with Crippen molar-refractivity contribution >= 4 is 0 Å². The SMILES string of the molecule is C\C(=C/C(F)=C(F)\C(F)=C\F)C(F)(F)F. The van der Waals surface area contributed by atoms with Gasteiger partial charge in [-0.25, -0.2) is 17.6 Å². The summed E-state index contributed by atoms with van der Waals surface area (Å²) in [4.78, 5) is 0. The molecule has 0 aromatic carbocycles. The first-order chi connectivity index (χ1) is 6.70. The normalized spacial score (nSPS) is 16.5. The maximum Gasteiger partial charge on any atom is 0.412 e. The third-order valence-electron chi connectivity index (χ3n) is 1.31. The van der Waals surface area contributed by atoms with Gasteiger partial charge in [-0.15, -0.1) is 0 Å². The molecule has 0 saturated heterocycles. The third-order valence-corrected chi connectivity index (χ3v) is 1.31. The molecule has 0 atom stereocenters. The molecular weight excluding hydrogens is 229 g/mol. The molecule has 0 rings (SSSR count). The van der Waals surface area contributed by atoms with E-state index in [-0.39, 0.29) is 6.08 Å². The van der Waals surface area contributed by atoms with Crippen LogP contribution < -0.4 is 0 Å². The van der Waals surface area contributed by atoms with Gasteiger partial charge in [0.05, 0.1) is 0 Å². The van der Waals surface area contributed by atoms with Gasteiger partial charge < -0.3 is 0 Å². The zero-order valence-corrected chi connectivity index (χ0v) is 7.30. The molecule has 0 amide bonds. The zero-order valence-electron chi connectivity index (χ0n) is 7.30. The quantitative estimate of drug-likeness (QED) is 0.489. The Morgan fingerprint density at radius 1 is 1.07 bits per heavy atom. The highest BCUT2D eigenvalue weighted by atomic mass is 19.4. The molecule has 0 nitrogen and oxygen atoms in total. The lowest BCUT2D eigenvalue weighted by Crippen LogP contribution is -2.08. The Balaban J connectivity index is 5.13. The van der Waals surface area contributed by atoms with Crippen LogP contribution in [0, 0.1) is 0 Å². The molecule has 0 spiro atoms. The van der Waals surface area contributed by atoms with Crippen molar-refractivity contribution in [1.29, 1.82) is 0 Å². The van der Waals surface area contributed by atoms with Crippen LogP contribution in [0.2, 0.25) is 0 Å². The summed E-state index contributed by atoms with van der Waals surface area (Å²) >= 11 is 0. The molecule has 0 aromatic heterocycles. The summed E-state index contributed by atoms with van der Waals surface area (Å²) in [5, 5.41) is 0. The second kappa shape index (κ2) is 4.99. The summed E-state index contributed by atoms with van der Waals surface area (Å²) in [5.41, 5.74) is -1.47. The van der Waals surface area contributed by atoms with E-state index in [4.69, 9.17) is 0 Å². The highest BCUT2D eigenvalue weighted by Crippen LogP contribution is 2.28. The minimum absolute atomic E-state index is 0.265. The van der Waals surface area contributed by atoms with E-state index in [1.807, 2.05) is 0 Å². The fourth-order valence-electron chi connectivity index (χ4n) is 0.497. The molecule has 7 heteroatoms. The Morgan fingerprint density at radius 2 is 1.53 bits per heavy atom. The zero-order chi connectivity index (χ0) is 12.2. The lowest BCUT2D eigenvalue weighted by Gasteiger charge is -2.05. The average Bonchev–Trinajstić information content (AvgIpc) is 2.13. The fraction of sp³-hybridized carbons (Fsp3) is 0.250. The molecule has 0 bridgehead atoms. The van der Waals surface area contributed by atoms with Crippen LogP contribution in [0.15, 0.2) is 35.5 Å². The summed E-state index contributed by atoms with van der Waals surface area (Å²) in [5.74, 6) is -6.66. The van der Waals surface area contributed by atoms with Crippen LogP contribution in [0.25, 0.3) is 0 Å². The summed E-state index contributed by atoms with van der Waals surface area (Å²) in [7, 11) is 0. The van der Waals surface area contributed by atoms with Crippen molar-refractivity contribution in [2.24, 2.45) is 0 Å². The van der Waals surface area contributed by atoms with Crippen molar-refractivity contribution in [3.63, 3.8) is 0 Å². The summed E-state index contributed by atoms with van der Waals surface area (Å²) < 4.78 is 83.6. The lowest BCUT2D eigenvalue weighted by molar-refractivity contribution is -0.0914. The Kier molecular flexibility index (Phi) is 4.57. The van der Waals surface area contributed by atoms with E-state index in [9.17, 15) is 30.7 Å². The van der Waals surface area contributed by atoms with Crippen LogP contribution in [0.4, 0.5) is 30.7 Å². The molecule has 0 fully saturated rings. The first kappa shape index (κ1) is 13.7. The molecule has 0 saturated carbocycles. The maximum atomic E-state index is 12.5. The van der Waals surface area contributed by atoms with Crippen molar-refractivity contribution in [3.05, 3.63) is 35.5 Å². The van der Waals surface area contributed by atoms with Crippen LogP contribution in [-0.4, -0.2) is 6.18 Å². The van der Waals surface area contributed by atoms with E-state index >= 15 is 0 Å². The van der Waals surface area contributed by atoms with E-state index in [0.717, 1.165) is 0 Å². The standard InChI is InChI=1S/C8H5F7/c1-4(8(13,14)15)2-5(10)7(12)6(11)3-9/h2-3H,1H3/b4-2+,6-3-,7-5-. The summed E-state index contributed by atoms with van der Waals surface area (Å²) in [6.45, 7) is 0.462. The molecule has 0 aliphatic heterocycles. The number of hydrogen-bond acceptors (Lipinski definition) is 0. The highest BCUT2D eigenvalue weighted by Gasteiger charge is 2.30. The molecule has 0 radical (unpaired) electrons. The Morgan fingerprint density at radius 3 is 1.87 bits per heavy atom. The van der Waals surface area contributed by atoms with Crippen LogP contribution in [-0.2, 0) is 0 Å². The van der Waals surface area contributed by atoms with Gasteiger partial charge >= 0.3 is 6.18 Å². The minimum atomic E-state index is -4.85. The van der Waals surface area contributed by atoms with E-state index < -0.39 is 35.6 Å². The van der Waals surface area contributed by atoms with E-state index in [0.29, 0.717) is 6.92 Å². The molecule has 86 valence electrons. The topological polar surface area (TPSA) is 0 Å². The van der Waals surface area contributed by atoms with Gasteiger partial charge in [0.1, 0.15) is 6.33 Å². The van der Waals surface area contributed by atoms with E-state index in [2.05, 4.69) is 0 Å². The fourth-order valence-corrected chi connectivity index (χ4v) is 0.497. The number of rotatable bonds is 2. The predicted octanol–water partition coefficient (Wildman–Crippen LogP) is 4.43. The molecule has 15 heavy (non-hydrogen) atoms. The third kappa shape index (κ3) is 4.18. The van der Waals surface area contributed by atoms with Crippen LogP contribution in [0.5, 0.6) is 0 Å². The largest absolute Gasteiger partial charge is 0.412 e. The number of halogens is 7. The van der Waals surface area contributed by atoms with E-state index in [1.54, 1.807) is 0 Å². The summed E-state index contributed by atoms with van der Waals surface area (Å²) in [6, 6.07) is 0. The van der Waals surface area contributed by atoms with Gasteiger partial charge in [0.15, 0.2) is 17.5 Å². The van der Waals surface area contributed by atoms with Crippen molar-refractivity contribution in [1.82, 2.24) is 0 Å². The van der Waals surface area contributed by atoms with Gasteiger partial charge in [-0.3, -0.25) is 0 Å². The van der Waals surface area contributed by atoms with Crippen LogP contribution >= 0.6 is 0 Å². The molecule has 0 unspecified atom stereocenters. The Labute approximate surface area is 80.4 Å². The molecule has 0 aliphatic carbocycles. The van der Waals surface area contributed by atoms with Crippen LogP contribution in [0.3, 0.4) is 0 Å². The number of hydrogen-bond donors (Lipinski definition) is 0. The predicted molar refractivity (Wildman–Crippen MR) is 39.4 cm³/mol. The van der Waals surface area contributed by atoms with Gasteiger partial charge in [0, 0.05) is 5.57 Å². The second-order valence-corrected chi connectivity index (χ2v) is 2.44. The van der Waals surface area contributed by atoms with Crippen LogP contribution in [0.1, 0.15) is 6.92 Å². The first-order valence-electron chi connectivity index (χ1n) is 3.47. The van der Waals surface area contributed by atoms with Gasteiger partial charge in [-0.05, 0) is 13.0 Å². The number of alkyl halides is 3. The molecule has 0 heterocycles.